The molecule has 1 unspecified atom stereocenters. The van der Waals surface area contributed by atoms with Gasteiger partial charge in [-0.1, -0.05) is 48.5 Å². The Balaban J connectivity index is 2.30. The lowest BCUT2D eigenvalue weighted by Crippen LogP contribution is -2.32. The molecule has 2 aromatic carbocycles. The van der Waals surface area contributed by atoms with Crippen LogP contribution in [0.15, 0.2) is 60.7 Å². The Morgan fingerprint density at radius 1 is 1.03 bits per heavy atom. The number of benzene rings is 2. The van der Waals surface area contributed by atoms with E-state index in [1.165, 1.54) is 13.2 Å². The molecule has 30 heavy (non-hydrogen) atoms. The standard InChI is InChI=1S/C24H29NO5/c1-24(2,3)30-23(28)25-21(19-12-8-9-13-20(19)22(27)29-4)16-18(26)15-14-17-10-6-5-7-11-17/h5-13,16,18,26H,14-15H2,1-4H3,(H,25,28). The highest BCUT2D eigenvalue weighted by Gasteiger charge is 2.21. The maximum absolute atomic E-state index is 12.4. The number of aliphatic hydroxyl groups excluding tert-OH is 1. The molecule has 2 rings (SSSR count). The van der Waals surface area contributed by atoms with Crippen molar-refractivity contribution in [2.45, 2.75) is 45.3 Å². The van der Waals surface area contributed by atoms with E-state index in [4.69, 9.17) is 9.47 Å². The number of esters is 1. The molecule has 0 bridgehead atoms. The van der Waals surface area contributed by atoms with Crippen LogP contribution >= 0.6 is 0 Å². The molecule has 0 fully saturated rings. The molecule has 0 aliphatic heterocycles. The average molecular weight is 411 g/mol. The summed E-state index contributed by atoms with van der Waals surface area (Å²) < 4.78 is 10.2. The number of ether oxygens (including phenoxy) is 2. The summed E-state index contributed by atoms with van der Waals surface area (Å²) in [6, 6.07) is 16.5. The molecule has 0 saturated heterocycles. The maximum Gasteiger partial charge on any atom is 0.412 e. The van der Waals surface area contributed by atoms with Gasteiger partial charge in [-0.3, -0.25) is 5.32 Å². The highest BCUT2D eigenvalue weighted by molar-refractivity contribution is 5.96. The summed E-state index contributed by atoms with van der Waals surface area (Å²) in [5.41, 5.74) is 1.40. The summed E-state index contributed by atoms with van der Waals surface area (Å²) in [6.07, 6.45) is 1.11. The van der Waals surface area contributed by atoms with Gasteiger partial charge >= 0.3 is 12.1 Å². The van der Waals surface area contributed by atoms with Crippen LogP contribution in [0.1, 0.15) is 48.7 Å². The highest BCUT2D eigenvalue weighted by Crippen LogP contribution is 2.21. The molecule has 0 spiro atoms. The molecule has 0 radical (unpaired) electrons. The summed E-state index contributed by atoms with van der Waals surface area (Å²) in [5.74, 6) is -0.540. The van der Waals surface area contributed by atoms with E-state index in [0.29, 0.717) is 18.4 Å². The molecule has 160 valence electrons. The van der Waals surface area contributed by atoms with Crippen molar-refractivity contribution in [1.29, 1.82) is 0 Å². The van der Waals surface area contributed by atoms with Crippen LogP contribution in [0, 0.1) is 0 Å². The fourth-order valence-corrected chi connectivity index (χ4v) is 2.85. The zero-order valence-corrected chi connectivity index (χ0v) is 17.8. The number of aryl methyl sites for hydroxylation is 1. The van der Waals surface area contributed by atoms with Crippen LogP contribution in [0.25, 0.3) is 5.70 Å². The van der Waals surface area contributed by atoms with Gasteiger partial charge in [0.25, 0.3) is 0 Å². The fourth-order valence-electron chi connectivity index (χ4n) is 2.85. The third-order valence-corrected chi connectivity index (χ3v) is 4.19. The normalized spacial score (nSPS) is 12.8. The summed E-state index contributed by atoms with van der Waals surface area (Å²) in [5, 5.41) is 13.3. The van der Waals surface area contributed by atoms with Crippen LogP contribution in [0.4, 0.5) is 4.79 Å². The van der Waals surface area contributed by atoms with Gasteiger partial charge in [-0.05, 0) is 51.3 Å². The van der Waals surface area contributed by atoms with Gasteiger partial charge in [-0.25, -0.2) is 9.59 Å². The van der Waals surface area contributed by atoms with Crippen molar-refractivity contribution in [3.05, 3.63) is 77.4 Å². The second-order valence-electron chi connectivity index (χ2n) is 7.84. The molecule has 1 atom stereocenters. The molecule has 0 saturated carbocycles. The van der Waals surface area contributed by atoms with Crippen LogP contribution in [-0.4, -0.2) is 36.0 Å². The van der Waals surface area contributed by atoms with Gasteiger partial charge in [0.2, 0.25) is 0 Å². The zero-order chi connectivity index (χ0) is 22.1. The molecular weight excluding hydrogens is 382 g/mol. The maximum atomic E-state index is 12.4. The lowest BCUT2D eigenvalue weighted by atomic mass is 10.0. The lowest BCUT2D eigenvalue weighted by molar-refractivity contribution is 0.0552. The number of carbonyl (C=O) groups excluding carboxylic acids is 2. The van der Waals surface area contributed by atoms with E-state index in [1.807, 2.05) is 30.3 Å². The number of rotatable bonds is 7. The first-order valence-corrected chi connectivity index (χ1v) is 9.81. The second kappa shape index (κ2) is 10.6. The van der Waals surface area contributed by atoms with E-state index in [1.54, 1.807) is 45.0 Å². The van der Waals surface area contributed by atoms with Crippen LogP contribution in [0.5, 0.6) is 0 Å². The van der Waals surface area contributed by atoms with Crippen molar-refractivity contribution < 1.29 is 24.2 Å². The Hall–Kier alpha value is -3.12. The van der Waals surface area contributed by atoms with E-state index >= 15 is 0 Å². The molecule has 0 aliphatic rings. The molecule has 0 heterocycles. The Bertz CT molecular complexity index is 884. The van der Waals surface area contributed by atoms with Gasteiger partial charge in [0.05, 0.1) is 24.5 Å². The minimum atomic E-state index is -0.846. The first kappa shape index (κ1) is 23.2. The van der Waals surface area contributed by atoms with Gasteiger partial charge in [0.15, 0.2) is 0 Å². The highest BCUT2D eigenvalue weighted by atomic mass is 16.6. The fraction of sp³-hybridized carbons (Fsp3) is 0.333. The van der Waals surface area contributed by atoms with Crippen molar-refractivity contribution >= 4 is 17.8 Å². The number of hydrogen-bond donors (Lipinski definition) is 2. The third-order valence-electron chi connectivity index (χ3n) is 4.19. The van der Waals surface area contributed by atoms with E-state index in [2.05, 4.69) is 5.32 Å². The molecular formula is C24H29NO5. The van der Waals surface area contributed by atoms with E-state index in [-0.39, 0.29) is 11.3 Å². The molecule has 6 nitrogen and oxygen atoms in total. The van der Waals surface area contributed by atoms with Crippen LogP contribution in [0.3, 0.4) is 0 Å². The monoisotopic (exact) mass is 411 g/mol. The molecule has 2 N–H and O–H groups in total. The van der Waals surface area contributed by atoms with Crippen molar-refractivity contribution in [1.82, 2.24) is 5.32 Å². The van der Waals surface area contributed by atoms with Gasteiger partial charge < -0.3 is 14.6 Å². The Morgan fingerprint density at radius 3 is 2.23 bits per heavy atom. The predicted molar refractivity (Wildman–Crippen MR) is 116 cm³/mol. The number of hydrogen-bond acceptors (Lipinski definition) is 5. The number of alkyl carbamates (subject to hydrolysis) is 1. The van der Waals surface area contributed by atoms with Gasteiger partial charge in [0, 0.05) is 5.56 Å². The molecule has 0 aliphatic carbocycles. The Labute approximate surface area is 177 Å². The largest absolute Gasteiger partial charge is 0.465 e. The number of amides is 1. The number of nitrogens with one attached hydrogen (secondary N) is 1. The van der Waals surface area contributed by atoms with E-state index in [9.17, 15) is 14.7 Å². The smallest absolute Gasteiger partial charge is 0.412 e. The molecule has 6 heteroatoms. The second-order valence-corrected chi connectivity index (χ2v) is 7.84. The minimum Gasteiger partial charge on any atom is -0.465 e. The average Bonchev–Trinajstić information content (AvgIpc) is 2.70. The lowest BCUT2D eigenvalue weighted by Gasteiger charge is -2.21. The molecule has 0 aromatic heterocycles. The topological polar surface area (TPSA) is 84.9 Å². The zero-order valence-electron chi connectivity index (χ0n) is 17.8. The van der Waals surface area contributed by atoms with Crippen LogP contribution in [0.2, 0.25) is 0 Å². The summed E-state index contributed by atoms with van der Waals surface area (Å²) in [6.45, 7) is 5.27. The van der Waals surface area contributed by atoms with Crippen molar-refractivity contribution in [2.24, 2.45) is 0 Å². The predicted octanol–water partition coefficient (Wildman–Crippen LogP) is 4.33. The van der Waals surface area contributed by atoms with Crippen molar-refractivity contribution in [3.63, 3.8) is 0 Å². The van der Waals surface area contributed by atoms with Gasteiger partial charge in [-0.2, -0.15) is 0 Å². The van der Waals surface area contributed by atoms with Crippen LogP contribution in [-0.2, 0) is 15.9 Å². The molecule has 2 aromatic rings. The van der Waals surface area contributed by atoms with Crippen LogP contribution < -0.4 is 5.32 Å². The first-order valence-electron chi connectivity index (χ1n) is 9.81. The van der Waals surface area contributed by atoms with E-state index in [0.717, 1.165) is 5.56 Å². The number of aliphatic hydroxyl groups is 1. The SMILES string of the molecule is COC(=O)c1ccccc1C(=CC(O)CCc1ccccc1)NC(=O)OC(C)(C)C. The Morgan fingerprint density at radius 2 is 1.63 bits per heavy atom. The van der Waals surface area contributed by atoms with Gasteiger partial charge in [0.1, 0.15) is 5.60 Å². The summed E-state index contributed by atoms with van der Waals surface area (Å²) >= 11 is 0. The minimum absolute atomic E-state index is 0.276. The first-order chi connectivity index (χ1) is 14.2. The van der Waals surface area contributed by atoms with Gasteiger partial charge in [-0.15, -0.1) is 0 Å². The van der Waals surface area contributed by atoms with Crippen molar-refractivity contribution in [3.8, 4) is 0 Å². The van der Waals surface area contributed by atoms with E-state index < -0.39 is 23.8 Å². The third kappa shape index (κ3) is 7.37. The summed E-state index contributed by atoms with van der Waals surface area (Å²) in [4.78, 5) is 24.6. The molecule has 1 amide bonds. The number of methoxy groups -OCH3 is 1. The van der Waals surface area contributed by atoms with Crippen molar-refractivity contribution in [2.75, 3.05) is 7.11 Å². The Kier molecular flexibility index (Phi) is 8.18. The quantitative estimate of drug-likeness (QED) is 0.663. The number of carbonyl (C=O) groups is 2. The summed E-state index contributed by atoms with van der Waals surface area (Å²) in [7, 11) is 1.29.